The number of carboxylic acid groups (broad SMARTS) is 1. The fraction of sp³-hybridized carbons (Fsp3) is 0.125. The van der Waals surface area contributed by atoms with Crippen molar-refractivity contribution in [2.75, 3.05) is 11.4 Å². The van der Waals surface area contributed by atoms with Crippen molar-refractivity contribution in [3.05, 3.63) is 100 Å². The minimum atomic E-state index is -1.03. The van der Waals surface area contributed by atoms with Gasteiger partial charge in [0.05, 0.1) is 30.3 Å². The third kappa shape index (κ3) is 6.16. The molecule has 3 rings (SSSR count). The first-order valence-corrected chi connectivity index (χ1v) is 9.92. The fourth-order valence-corrected chi connectivity index (χ4v) is 3.11. The average Bonchev–Trinajstić information content (AvgIpc) is 2.79. The number of nitriles is 1. The van der Waals surface area contributed by atoms with Crippen molar-refractivity contribution in [1.29, 1.82) is 5.26 Å². The van der Waals surface area contributed by atoms with Gasteiger partial charge in [0, 0.05) is 17.3 Å². The van der Waals surface area contributed by atoms with Gasteiger partial charge in [0.15, 0.2) is 0 Å². The quantitative estimate of drug-likeness (QED) is 0.554. The lowest BCUT2D eigenvalue weighted by molar-refractivity contribution is -0.118. The Morgan fingerprint density at radius 1 is 0.935 bits per heavy atom. The number of carboxylic acids is 1. The number of halogens is 1. The molecule has 0 atom stereocenters. The normalized spacial score (nSPS) is 10.3. The second-order valence-corrected chi connectivity index (χ2v) is 7.31. The molecule has 156 valence electrons. The summed E-state index contributed by atoms with van der Waals surface area (Å²) in [6.45, 7) is 0.894. The zero-order valence-corrected chi connectivity index (χ0v) is 17.3. The molecule has 0 aliphatic carbocycles. The summed E-state index contributed by atoms with van der Waals surface area (Å²) >= 11 is 5.90. The molecule has 31 heavy (non-hydrogen) atoms. The van der Waals surface area contributed by atoms with Gasteiger partial charge in [-0.25, -0.2) is 4.79 Å². The monoisotopic (exact) mass is 433 g/mol. The Bertz CT molecular complexity index is 1090. The zero-order chi connectivity index (χ0) is 22.2. The number of benzene rings is 3. The summed E-state index contributed by atoms with van der Waals surface area (Å²) in [5.41, 5.74) is 3.13. The highest BCUT2D eigenvalue weighted by Gasteiger charge is 2.17. The van der Waals surface area contributed by atoms with Crippen LogP contribution in [0.1, 0.15) is 27.0 Å². The first-order valence-electron chi connectivity index (χ1n) is 9.54. The molecule has 0 unspecified atom stereocenters. The van der Waals surface area contributed by atoms with E-state index in [4.69, 9.17) is 22.0 Å². The molecule has 0 radical (unpaired) electrons. The number of carbonyl (C=O) groups excluding carboxylic acids is 1. The minimum Gasteiger partial charge on any atom is -0.478 e. The van der Waals surface area contributed by atoms with Crippen LogP contribution in [0, 0.1) is 11.3 Å². The molecule has 0 spiro atoms. The van der Waals surface area contributed by atoms with E-state index in [0.29, 0.717) is 29.4 Å². The van der Waals surface area contributed by atoms with Crippen molar-refractivity contribution in [3.63, 3.8) is 0 Å². The van der Waals surface area contributed by atoms with Crippen LogP contribution in [0.15, 0.2) is 72.8 Å². The highest BCUT2D eigenvalue weighted by molar-refractivity contribution is 6.30. The molecule has 6 nitrogen and oxygen atoms in total. The van der Waals surface area contributed by atoms with Crippen LogP contribution in [-0.4, -0.2) is 23.5 Å². The Morgan fingerprint density at radius 3 is 2.13 bits per heavy atom. The number of nitrogens with one attached hydrogen (secondary N) is 1. The van der Waals surface area contributed by atoms with E-state index in [-0.39, 0.29) is 18.0 Å². The number of hydrogen-bond acceptors (Lipinski definition) is 4. The SMILES string of the molecule is N#Cc1ccc(CN(C(=O)CNCc2ccc(Cl)cc2)c2ccc(C(=O)O)cc2)cc1. The number of hydrogen-bond donors (Lipinski definition) is 2. The summed E-state index contributed by atoms with van der Waals surface area (Å²) in [5.74, 6) is -1.19. The number of amides is 1. The third-order valence-electron chi connectivity index (χ3n) is 4.67. The van der Waals surface area contributed by atoms with E-state index in [2.05, 4.69) is 11.4 Å². The highest BCUT2D eigenvalue weighted by atomic mass is 35.5. The number of rotatable bonds is 8. The molecule has 3 aromatic rings. The van der Waals surface area contributed by atoms with E-state index in [1.807, 2.05) is 12.1 Å². The van der Waals surface area contributed by atoms with E-state index in [9.17, 15) is 9.59 Å². The van der Waals surface area contributed by atoms with E-state index in [1.165, 1.54) is 12.1 Å². The molecule has 0 saturated heterocycles. The van der Waals surface area contributed by atoms with Gasteiger partial charge < -0.3 is 15.3 Å². The second kappa shape index (κ2) is 10.4. The van der Waals surface area contributed by atoms with Crippen molar-refractivity contribution < 1.29 is 14.7 Å². The summed E-state index contributed by atoms with van der Waals surface area (Å²) in [4.78, 5) is 25.7. The van der Waals surface area contributed by atoms with Gasteiger partial charge in [-0.3, -0.25) is 4.79 Å². The zero-order valence-electron chi connectivity index (χ0n) is 16.6. The molecule has 0 fully saturated rings. The molecule has 0 aromatic heterocycles. The molecular formula is C24H20ClN3O3. The fourth-order valence-electron chi connectivity index (χ4n) is 2.99. The molecule has 0 saturated carbocycles. The summed E-state index contributed by atoms with van der Waals surface area (Å²) in [5, 5.41) is 21.9. The average molecular weight is 434 g/mol. The highest BCUT2D eigenvalue weighted by Crippen LogP contribution is 2.19. The molecule has 7 heteroatoms. The third-order valence-corrected chi connectivity index (χ3v) is 4.92. The summed E-state index contributed by atoms with van der Waals surface area (Å²) in [6, 6.07) is 22.6. The van der Waals surface area contributed by atoms with E-state index in [1.54, 1.807) is 53.4 Å². The molecular weight excluding hydrogens is 414 g/mol. The maximum atomic E-state index is 13.0. The van der Waals surface area contributed by atoms with Crippen LogP contribution in [0.2, 0.25) is 5.02 Å². The van der Waals surface area contributed by atoms with E-state index < -0.39 is 5.97 Å². The predicted molar refractivity (Wildman–Crippen MR) is 119 cm³/mol. The Morgan fingerprint density at radius 2 is 1.55 bits per heavy atom. The van der Waals surface area contributed by atoms with Gasteiger partial charge in [0.2, 0.25) is 5.91 Å². The number of carbonyl (C=O) groups is 2. The second-order valence-electron chi connectivity index (χ2n) is 6.87. The Kier molecular flexibility index (Phi) is 7.39. The molecule has 0 aliphatic rings. The van der Waals surface area contributed by atoms with Gasteiger partial charge >= 0.3 is 5.97 Å². The Hall–Kier alpha value is -3.66. The first-order chi connectivity index (χ1) is 15.0. The molecule has 2 N–H and O–H groups in total. The Labute approximate surface area is 185 Å². The molecule has 0 bridgehead atoms. The lowest BCUT2D eigenvalue weighted by Gasteiger charge is -2.23. The lowest BCUT2D eigenvalue weighted by atomic mass is 10.1. The maximum absolute atomic E-state index is 13.0. The summed E-state index contributed by atoms with van der Waals surface area (Å²) < 4.78 is 0. The largest absolute Gasteiger partial charge is 0.478 e. The van der Waals surface area contributed by atoms with E-state index in [0.717, 1.165) is 11.1 Å². The van der Waals surface area contributed by atoms with E-state index >= 15 is 0 Å². The van der Waals surface area contributed by atoms with Crippen LogP contribution < -0.4 is 10.2 Å². The van der Waals surface area contributed by atoms with Crippen molar-refractivity contribution in [2.45, 2.75) is 13.1 Å². The number of aromatic carboxylic acids is 1. The van der Waals surface area contributed by atoms with Crippen LogP contribution in [0.3, 0.4) is 0 Å². The van der Waals surface area contributed by atoms with Gasteiger partial charge in [-0.15, -0.1) is 0 Å². The predicted octanol–water partition coefficient (Wildman–Crippen LogP) is 4.23. The summed E-state index contributed by atoms with van der Waals surface area (Å²) in [7, 11) is 0. The molecule has 1 amide bonds. The summed E-state index contributed by atoms with van der Waals surface area (Å²) in [6.07, 6.45) is 0. The minimum absolute atomic E-state index is 0.0968. The van der Waals surface area contributed by atoms with Crippen LogP contribution in [0.5, 0.6) is 0 Å². The first kappa shape index (κ1) is 22.0. The van der Waals surface area contributed by atoms with Gasteiger partial charge in [0.1, 0.15) is 0 Å². The topological polar surface area (TPSA) is 93.4 Å². The molecule has 3 aromatic carbocycles. The van der Waals surface area contributed by atoms with Crippen molar-refractivity contribution >= 4 is 29.2 Å². The van der Waals surface area contributed by atoms with Crippen molar-refractivity contribution in [2.24, 2.45) is 0 Å². The number of nitrogens with zero attached hydrogens (tertiary/aromatic N) is 2. The van der Waals surface area contributed by atoms with Gasteiger partial charge in [-0.2, -0.15) is 5.26 Å². The maximum Gasteiger partial charge on any atom is 0.335 e. The van der Waals surface area contributed by atoms with Crippen LogP contribution in [0.4, 0.5) is 5.69 Å². The van der Waals surface area contributed by atoms with Crippen LogP contribution in [0.25, 0.3) is 0 Å². The molecule has 0 heterocycles. The smallest absolute Gasteiger partial charge is 0.335 e. The molecule has 0 aliphatic heterocycles. The standard InChI is InChI=1S/C24H20ClN3O3/c25-21-9-5-18(6-10-21)14-27-15-23(29)28(16-19-3-1-17(13-26)2-4-19)22-11-7-20(8-12-22)24(30)31/h1-12,27H,14-16H2,(H,30,31). The van der Waals surface area contributed by atoms with Crippen LogP contribution in [-0.2, 0) is 17.9 Å². The number of anilines is 1. The van der Waals surface area contributed by atoms with Crippen molar-refractivity contribution in [1.82, 2.24) is 5.32 Å². The van der Waals surface area contributed by atoms with Gasteiger partial charge in [0.25, 0.3) is 0 Å². The van der Waals surface area contributed by atoms with Crippen LogP contribution >= 0.6 is 11.6 Å². The Balaban J connectivity index is 1.74. The lowest BCUT2D eigenvalue weighted by Crippen LogP contribution is -2.37. The van der Waals surface area contributed by atoms with Crippen molar-refractivity contribution in [3.8, 4) is 6.07 Å². The van der Waals surface area contributed by atoms with Gasteiger partial charge in [-0.1, -0.05) is 35.9 Å². The van der Waals surface area contributed by atoms with Gasteiger partial charge in [-0.05, 0) is 59.7 Å².